The summed E-state index contributed by atoms with van der Waals surface area (Å²) in [7, 11) is 0. The van der Waals surface area contributed by atoms with Gasteiger partial charge in [0.25, 0.3) is 0 Å². The van der Waals surface area contributed by atoms with Crippen LogP contribution in [0, 0.1) is 5.92 Å². The first-order chi connectivity index (χ1) is 10.7. The van der Waals surface area contributed by atoms with Crippen molar-refractivity contribution in [2.24, 2.45) is 5.92 Å². The van der Waals surface area contributed by atoms with Gasteiger partial charge in [0, 0.05) is 6.20 Å². The highest BCUT2D eigenvalue weighted by Gasteiger charge is 2.37. The van der Waals surface area contributed by atoms with Crippen molar-refractivity contribution in [3.8, 4) is 0 Å². The van der Waals surface area contributed by atoms with Gasteiger partial charge in [0.05, 0.1) is 24.0 Å². The van der Waals surface area contributed by atoms with E-state index in [9.17, 15) is 9.90 Å². The number of nitrogens with zero attached hydrogens (tertiary/aromatic N) is 1. The van der Waals surface area contributed by atoms with Crippen LogP contribution in [0.1, 0.15) is 52.0 Å². The standard InChI is InChI=1S/C17H27N3O3/c1-10-7-11(12-5-6-19-9-13(12)18)8-14(15(10)21)20-16(22)23-17(2,3)4/h5-6,9-11,14-15,21H,7-8,18H2,1-4H3,(H,20,22)/t10-,11+,14+,15-/m0/s1. The Labute approximate surface area is 137 Å². The monoisotopic (exact) mass is 321 g/mol. The number of alkyl carbamates (subject to hydrolysis) is 1. The minimum absolute atomic E-state index is 0.0567. The minimum Gasteiger partial charge on any atom is -0.444 e. The van der Waals surface area contributed by atoms with Gasteiger partial charge in [-0.1, -0.05) is 6.92 Å². The Bertz CT molecular complexity index is 556. The van der Waals surface area contributed by atoms with E-state index in [1.54, 1.807) is 12.4 Å². The highest BCUT2D eigenvalue weighted by atomic mass is 16.6. The molecular weight excluding hydrogens is 294 g/mol. The Morgan fingerprint density at radius 1 is 1.43 bits per heavy atom. The first-order valence-corrected chi connectivity index (χ1v) is 8.04. The summed E-state index contributed by atoms with van der Waals surface area (Å²) in [6, 6.07) is 1.56. The van der Waals surface area contributed by atoms with Crippen molar-refractivity contribution in [2.75, 3.05) is 5.73 Å². The Balaban J connectivity index is 2.10. The molecule has 1 aromatic rings. The van der Waals surface area contributed by atoms with Gasteiger partial charge >= 0.3 is 6.09 Å². The number of ether oxygens (including phenoxy) is 1. The molecule has 1 aliphatic rings. The van der Waals surface area contributed by atoms with Crippen LogP contribution in [-0.2, 0) is 4.74 Å². The van der Waals surface area contributed by atoms with Gasteiger partial charge in [-0.25, -0.2) is 4.79 Å². The molecule has 0 aliphatic heterocycles. The number of hydrogen-bond donors (Lipinski definition) is 3. The molecule has 1 amide bonds. The van der Waals surface area contributed by atoms with E-state index in [1.165, 1.54) is 0 Å². The summed E-state index contributed by atoms with van der Waals surface area (Å²) >= 11 is 0. The highest BCUT2D eigenvalue weighted by Crippen LogP contribution is 2.38. The van der Waals surface area contributed by atoms with Crippen LogP contribution in [0.4, 0.5) is 10.5 Å². The molecule has 1 aromatic heterocycles. The number of aromatic nitrogens is 1. The Kier molecular flexibility index (Phi) is 5.14. The highest BCUT2D eigenvalue weighted by molar-refractivity contribution is 5.68. The summed E-state index contributed by atoms with van der Waals surface area (Å²) in [5.41, 5.74) is 7.13. The lowest BCUT2D eigenvalue weighted by Gasteiger charge is -2.38. The molecule has 0 radical (unpaired) electrons. The normalized spacial score (nSPS) is 28.2. The van der Waals surface area contributed by atoms with E-state index < -0.39 is 17.8 Å². The van der Waals surface area contributed by atoms with Crippen molar-refractivity contribution in [3.63, 3.8) is 0 Å². The molecule has 0 unspecified atom stereocenters. The van der Waals surface area contributed by atoms with E-state index >= 15 is 0 Å². The zero-order chi connectivity index (χ0) is 17.2. The van der Waals surface area contributed by atoms with Gasteiger partial charge in [0.2, 0.25) is 0 Å². The lowest BCUT2D eigenvalue weighted by molar-refractivity contribution is 0.0176. The summed E-state index contributed by atoms with van der Waals surface area (Å²) in [6.45, 7) is 7.42. The van der Waals surface area contributed by atoms with Crippen LogP contribution >= 0.6 is 0 Å². The molecule has 1 heterocycles. The van der Waals surface area contributed by atoms with Crippen LogP contribution < -0.4 is 11.1 Å². The van der Waals surface area contributed by atoms with Gasteiger partial charge in [0.15, 0.2) is 0 Å². The minimum atomic E-state index is -0.596. The van der Waals surface area contributed by atoms with E-state index in [4.69, 9.17) is 10.5 Å². The zero-order valence-corrected chi connectivity index (χ0v) is 14.2. The molecule has 6 nitrogen and oxygen atoms in total. The van der Waals surface area contributed by atoms with Crippen LogP contribution in [0.3, 0.4) is 0 Å². The number of rotatable bonds is 2. The SMILES string of the molecule is C[C@H]1C[C@@H](c2ccncc2N)C[C@@H](NC(=O)OC(C)(C)C)[C@H]1O. The second-order valence-electron chi connectivity index (χ2n) is 7.39. The van der Waals surface area contributed by atoms with Crippen LogP contribution in [0.2, 0.25) is 0 Å². The summed E-state index contributed by atoms with van der Waals surface area (Å²) in [5.74, 6) is 0.234. The van der Waals surface area contributed by atoms with E-state index in [0.717, 1.165) is 12.0 Å². The van der Waals surface area contributed by atoms with Crippen molar-refractivity contribution in [1.82, 2.24) is 10.3 Å². The third kappa shape index (κ3) is 4.58. The number of nitrogens with two attached hydrogens (primary N) is 1. The van der Waals surface area contributed by atoms with Crippen molar-refractivity contribution >= 4 is 11.8 Å². The number of pyridine rings is 1. The number of carbonyl (C=O) groups excluding carboxylic acids is 1. The van der Waals surface area contributed by atoms with Crippen molar-refractivity contribution in [1.29, 1.82) is 0 Å². The van der Waals surface area contributed by atoms with Crippen LogP contribution in [-0.4, -0.2) is 33.9 Å². The summed E-state index contributed by atoms with van der Waals surface area (Å²) < 4.78 is 5.29. The Morgan fingerprint density at radius 2 is 2.13 bits per heavy atom. The summed E-state index contributed by atoms with van der Waals surface area (Å²) in [5, 5.41) is 13.2. The number of aliphatic hydroxyl groups excluding tert-OH is 1. The second kappa shape index (κ2) is 6.74. The molecule has 23 heavy (non-hydrogen) atoms. The molecule has 2 rings (SSSR count). The van der Waals surface area contributed by atoms with E-state index in [1.807, 2.05) is 33.8 Å². The first kappa shape index (κ1) is 17.5. The second-order valence-corrected chi connectivity index (χ2v) is 7.39. The maximum Gasteiger partial charge on any atom is 0.407 e. The third-order valence-electron chi connectivity index (χ3n) is 4.22. The van der Waals surface area contributed by atoms with Crippen LogP contribution in [0.25, 0.3) is 0 Å². The lowest BCUT2D eigenvalue weighted by atomic mass is 9.74. The molecule has 128 valence electrons. The predicted octanol–water partition coefficient (Wildman–Crippen LogP) is 2.43. The maximum absolute atomic E-state index is 12.0. The smallest absolute Gasteiger partial charge is 0.407 e. The molecule has 1 aliphatic carbocycles. The average Bonchev–Trinajstić information content (AvgIpc) is 2.42. The molecule has 0 bridgehead atoms. The molecule has 0 saturated heterocycles. The molecule has 0 aromatic carbocycles. The molecule has 4 atom stereocenters. The quantitative estimate of drug-likeness (QED) is 0.777. The number of anilines is 1. The van der Waals surface area contributed by atoms with E-state index in [0.29, 0.717) is 12.1 Å². The summed E-state index contributed by atoms with van der Waals surface area (Å²) in [6.07, 6.45) is 3.71. The van der Waals surface area contributed by atoms with Crippen molar-refractivity contribution in [3.05, 3.63) is 24.0 Å². The maximum atomic E-state index is 12.0. The summed E-state index contributed by atoms with van der Waals surface area (Å²) in [4.78, 5) is 16.0. The van der Waals surface area contributed by atoms with E-state index in [-0.39, 0.29) is 17.9 Å². The molecule has 4 N–H and O–H groups in total. The van der Waals surface area contributed by atoms with Gasteiger partial charge in [-0.3, -0.25) is 4.98 Å². The molecule has 0 spiro atoms. The molecule has 1 fully saturated rings. The Morgan fingerprint density at radius 3 is 2.74 bits per heavy atom. The fraction of sp³-hybridized carbons (Fsp3) is 0.647. The molecule has 6 heteroatoms. The third-order valence-corrected chi connectivity index (χ3v) is 4.22. The van der Waals surface area contributed by atoms with Gasteiger partial charge in [-0.2, -0.15) is 0 Å². The van der Waals surface area contributed by atoms with Gasteiger partial charge < -0.3 is 20.9 Å². The lowest BCUT2D eigenvalue weighted by Crippen LogP contribution is -2.51. The number of carbonyl (C=O) groups is 1. The largest absolute Gasteiger partial charge is 0.444 e. The van der Waals surface area contributed by atoms with Crippen molar-refractivity contribution in [2.45, 2.75) is 64.2 Å². The number of nitrogen functional groups attached to an aromatic ring is 1. The van der Waals surface area contributed by atoms with Gasteiger partial charge in [-0.05, 0) is 57.1 Å². The first-order valence-electron chi connectivity index (χ1n) is 8.04. The fourth-order valence-corrected chi connectivity index (χ4v) is 3.17. The van der Waals surface area contributed by atoms with Crippen molar-refractivity contribution < 1.29 is 14.6 Å². The average molecular weight is 321 g/mol. The topological polar surface area (TPSA) is 97.5 Å². The Hall–Kier alpha value is -1.82. The van der Waals surface area contributed by atoms with Gasteiger partial charge in [0.1, 0.15) is 5.60 Å². The van der Waals surface area contributed by atoms with Crippen LogP contribution in [0.5, 0.6) is 0 Å². The van der Waals surface area contributed by atoms with E-state index in [2.05, 4.69) is 10.3 Å². The van der Waals surface area contributed by atoms with Crippen LogP contribution in [0.15, 0.2) is 18.5 Å². The number of amides is 1. The van der Waals surface area contributed by atoms with Gasteiger partial charge in [-0.15, -0.1) is 0 Å². The zero-order valence-electron chi connectivity index (χ0n) is 14.2. The number of hydrogen-bond acceptors (Lipinski definition) is 5. The molecular formula is C17H27N3O3. The predicted molar refractivity (Wildman–Crippen MR) is 89.0 cm³/mol. The number of aliphatic hydroxyl groups is 1. The number of nitrogens with one attached hydrogen (secondary N) is 1. The fourth-order valence-electron chi connectivity index (χ4n) is 3.17. The molecule has 1 saturated carbocycles.